The summed E-state index contributed by atoms with van der Waals surface area (Å²) in [5.74, 6) is 1.53. The fourth-order valence-corrected chi connectivity index (χ4v) is 1.85. The maximum atomic E-state index is 9.37. The number of hydrogen-bond acceptors (Lipinski definition) is 2. The van der Waals surface area contributed by atoms with Crippen molar-refractivity contribution in [2.45, 2.75) is 32.1 Å². The molecule has 2 nitrogen and oxygen atoms in total. The maximum Gasteiger partial charge on any atom is 0.121 e. The van der Waals surface area contributed by atoms with E-state index in [1.807, 2.05) is 32.0 Å². The van der Waals surface area contributed by atoms with E-state index >= 15 is 0 Å². The second-order valence-corrected chi connectivity index (χ2v) is 5.91. The summed E-state index contributed by atoms with van der Waals surface area (Å²) in [4.78, 5) is 0. The van der Waals surface area contributed by atoms with Crippen LogP contribution in [0.2, 0.25) is 5.02 Å². The first-order valence-electron chi connectivity index (χ1n) is 6.06. The van der Waals surface area contributed by atoms with Crippen molar-refractivity contribution in [3.05, 3.63) is 28.8 Å². The number of aliphatic hydroxyl groups excluding tert-OH is 1. The van der Waals surface area contributed by atoms with Gasteiger partial charge in [0.1, 0.15) is 5.75 Å². The van der Waals surface area contributed by atoms with Gasteiger partial charge in [0.2, 0.25) is 0 Å². The average molecular weight is 255 g/mol. The van der Waals surface area contributed by atoms with Gasteiger partial charge >= 0.3 is 0 Å². The molecular weight excluding hydrogens is 236 g/mol. The molecule has 1 saturated carbocycles. The second kappa shape index (κ2) is 4.87. The normalized spacial score (nSPS) is 16.0. The van der Waals surface area contributed by atoms with Gasteiger partial charge in [0.15, 0.2) is 0 Å². The van der Waals surface area contributed by atoms with Crippen molar-refractivity contribution in [1.29, 1.82) is 0 Å². The molecule has 2 rings (SSSR count). The standard InChI is InChI=1S/C14H19ClO2/c1-14(2,9-16)11-5-12(15)7-13(6-11)17-8-10-3-4-10/h5-7,10,16H,3-4,8-9H2,1-2H3. The van der Waals surface area contributed by atoms with Crippen LogP contribution in [-0.4, -0.2) is 18.3 Å². The molecule has 1 aliphatic rings. The van der Waals surface area contributed by atoms with E-state index in [1.165, 1.54) is 12.8 Å². The van der Waals surface area contributed by atoms with Crippen molar-refractivity contribution in [3.8, 4) is 5.75 Å². The Morgan fingerprint density at radius 3 is 2.65 bits per heavy atom. The largest absolute Gasteiger partial charge is 0.493 e. The third-order valence-corrected chi connectivity index (χ3v) is 3.45. The Labute approximate surface area is 108 Å². The third-order valence-electron chi connectivity index (χ3n) is 3.23. The SMILES string of the molecule is CC(C)(CO)c1cc(Cl)cc(OCC2CC2)c1. The van der Waals surface area contributed by atoms with Crippen LogP contribution in [0.25, 0.3) is 0 Å². The molecule has 0 bridgehead atoms. The fraction of sp³-hybridized carbons (Fsp3) is 0.571. The van der Waals surface area contributed by atoms with Crippen molar-refractivity contribution >= 4 is 11.6 Å². The summed E-state index contributed by atoms with van der Waals surface area (Å²) >= 11 is 6.08. The summed E-state index contributed by atoms with van der Waals surface area (Å²) in [6.07, 6.45) is 2.55. The number of halogens is 1. The summed E-state index contributed by atoms with van der Waals surface area (Å²) in [7, 11) is 0. The Balaban J connectivity index is 2.15. The lowest BCUT2D eigenvalue weighted by Gasteiger charge is -2.23. The molecule has 0 amide bonds. The van der Waals surface area contributed by atoms with Crippen LogP contribution in [0.1, 0.15) is 32.3 Å². The van der Waals surface area contributed by atoms with Gasteiger partial charge in [-0.05, 0) is 42.5 Å². The minimum atomic E-state index is -0.289. The van der Waals surface area contributed by atoms with Gasteiger partial charge in [-0.2, -0.15) is 0 Å². The van der Waals surface area contributed by atoms with E-state index in [-0.39, 0.29) is 12.0 Å². The number of aliphatic hydroxyl groups is 1. The topological polar surface area (TPSA) is 29.5 Å². The molecule has 0 aromatic heterocycles. The zero-order chi connectivity index (χ0) is 12.5. The van der Waals surface area contributed by atoms with Crippen LogP contribution in [-0.2, 0) is 5.41 Å². The highest BCUT2D eigenvalue weighted by Gasteiger charge is 2.23. The zero-order valence-electron chi connectivity index (χ0n) is 10.4. The summed E-state index contributed by atoms with van der Waals surface area (Å²) < 4.78 is 5.72. The predicted molar refractivity (Wildman–Crippen MR) is 69.8 cm³/mol. The van der Waals surface area contributed by atoms with Crippen LogP contribution in [0.5, 0.6) is 5.75 Å². The molecule has 0 unspecified atom stereocenters. The van der Waals surface area contributed by atoms with Gasteiger partial charge in [0, 0.05) is 10.4 Å². The van der Waals surface area contributed by atoms with E-state index in [0.29, 0.717) is 5.02 Å². The van der Waals surface area contributed by atoms with Gasteiger partial charge in [-0.15, -0.1) is 0 Å². The first-order valence-corrected chi connectivity index (χ1v) is 6.44. The molecule has 0 heterocycles. The molecule has 17 heavy (non-hydrogen) atoms. The predicted octanol–water partition coefficient (Wildman–Crippen LogP) is 3.40. The number of ether oxygens (including phenoxy) is 1. The smallest absolute Gasteiger partial charge is 0.121 e. The molecule has 1 N–H and O–H groups in total. The first-order chi connectivity index (χ1) is 8.01. The van der Waals surface area contributed by atoms with Crippen LogP contribution in [0.4, 0.5) is 0 Å². The second-order valence-electron chi connectivity index (χ2n) is 5.47. The van der Waals surface area contributed by atoms with Gasteiger partial charge in [-0.1, -0.05) is 25.4 Å². The lowest BCUT2D eigenvalue weighted by molar-refractivity contribution is 0.218. The summed E-state index contributed by atoms with van der Waals surface area (Å²) in [6.45, 7) is 4.85. The van der Waals surface area contributed by atoms with Crippen LogP contribution in [0, 0.1) is 5.92 Å². The molecule has 0 spiro atoms. The molecule has 94 valence electrons. The Bertz CT molecular complexity index is 397. The zero-order valence-corrected chi connectivity index (χ0v) is 11.1. The van der Waals surface area contributed by atoms with E-state index in [0.717, 1.165) is 23.8 Å². The van der Waals surface area contributed by atoms with E-state index in [2.05, 4.69) is 0 Å². The highest BCUT2D eigenvalue weighted by atomic mass is 35.5. The highest BCUT2D eigenvalue weighted by Crippen LogP contribution is 2.32. The van der Waals surface area contributed by atoms with Crippen molar-refractivity contribution in [2.24, 2.45) is 5.92 Å². The molecule has 0 radical (unpaired) electrons. The third kappa shape index (κ3) is 3.36. The highest BCUT2D eigenvalue weighted by molar-refractivity contribution is 6.30. The van der Waals surface area contributed by atoms with Crippen LogP contribution in [0.3, 0.4) is 0 Å². The Kier molecular flexibility index (Phi) is 3.64. The number of rotatable bonds is 5. The van der Waals surface area contributed by atoms with Crippen molar-refractivity contribution in [1.82, 2.24) is 0 Å². The maximum absolute atomic E-state index is 9.37. The molecule has 1 fully saturated rings. The monoisotopic (exact) mass is 254 g/mol. The first kappa shape index (κ1) is 12.7. The van der Waals surface area contributed by atoms with Crippen molar-refractivity contribution in [3.63, 3.8) is 0 Å². The van der Waals surface area contributed by atoms with E-state index in [1.54, 1.807) is 0 Å². The molecule has 1 aromatic carbocycles. The summed E-state index contributed by atoms with van der Waals surface area (Å²) in [6, 6.07) is 5.70. The molecule has 0 atom stereocenters. The van der Waals surface area contributed by atoms with Gasteiger partial charge in [-0.3, -0.25) is 0 Å². The lowest BCUT2D eigenvalue weighted by atomic mass is 9.85. The molecule has 0 aliphatic heterocycles. The Morgan fingerprint density at radius 1 is 1.35 bits per heavy atom. The van der Waals surface area contributed by atoms with Crippen molar-refractivity contribution < 1.29 is 9.84 Å². The fourth-order valence-electron chi connectivity index (χ4n) is 1.63. The van der Waals surface area contributed by atoms with E-state index < -0.39 is 0 Å². The van der Waals surface area contributed by atoms with Gasteiger partial charge in [-0.25, -0.2) is 0 Å². The van der Waals surface area contributed by atoms with Crippen LogP contribution in [0.15, 0.2) is 18.2 Å². The minimum Gasteiger partial charge on any atom is -0.493 e. The van der Waals surface area contributed by atoms with Crippen molar-refractivity contribution in [2.75, 3.05) is 13.2 Å². The van der Waals surface area contributed by atoms with Crippen LogP contribution >= 0.6 is 11.6 Å². The lowest BCUT2D eigenvalue weighted by Crippen LogP contribution is -2.22. The van der Waals surface area contributed by atoms with Gasteiger partial charge < -0.3 is 9.84 Å². The summed E-state index contributed by atoms with van der Waals surface area (Å²) in [5.41, 5.74) is 0.723. The minimum absolute atomic E-state index is 0.0927. The molecular formula is C14H19ClO2. The number of benzene rings is 1. The molecule has 3 heteroatoms. The molecule has 1 aromatic rings. The Hall–Kier alpha value is -0.730. The Morgan fingerprint density at radius 2 is 2.06 bits per heavy atom. The average Bonchev–Trinajstić information content (AvgIpc) is 3.09. The van der Waals surface area contributed by atoms with Gasteiger partial charge in [0.25, 0.3) is 0 Å². The van der Waals surface area contributed by atoms with E-state index in [4.69, 9.17) is 16.3 Å². The number of hydrogen-bond donors (Lipinski definition) is 1. The molecule has 1 aliphatic carbocycles. The van der Waals surface area contributed by atoms with Crippen LogP contribution < -0.4 is 4.74 Å². The van der Waals surface area contributed by atoms with E-state index in [9.17, 15) is 5.11 Å². The van der Waals surface area contributed by atoms with Gasteiger partial charge in [0.05, 0.1) is 13.2 Å². The summed E-state index contributed by atoms with van der Waals surface area (Å²) in [5, 5.41) is 10.0. The quantitative estimate of drug-likeness (QED) is 0.873. The molecule has 0 saturated heterocycles.